The number of nitrogen functional groups attached to an aromatic ring is 1. The van der Waals surface area contributed by atoms with Crippen molar-refractivity contribution in [3.05, 3.63) is 12.7 Å². The van der Waals surface area contributed by atoms with Crippen molar-refractivity contribution in [2.75, 3.05) is 37.8 Å². The second-order valence-electron chi connectivity index (χ2n) is 19.4. The number of nitrogens with one attached hydrogen (secondary N) is 2. The van der Waals surface area contributed by atoms with Crippen LogP contribution in [0.15, 0.2) is 12.7 Å². The zero-order valence-electron chi connectivity index (χ0n) is 42.8. The molecule has 2 aromatic heterocycles. The lowest BCUT2D eigenvalue weighted by Gasteiger charge is -2.30. The minimum atomic E-state index is -5.58. The second-order valence-corrected chi connectivity index (χ2v) is 24.8. The molecule has 1 aliphatic heterocycles. The van der Waals surface area contributed by atoms with E-state index in [1.807, 2.05) is 0 Å². The fraction of sp³-hybridized carbons (Fsp3) is 0.822. The average Bonchev–Trinajstić information content (AvgIpc) is 3.88. The molecule has 0 spiro atoms. The van der Waals surface area contributed by atoms with Gasteiger partial charge in [-0.2, -0.15) is 4.31 Å². The molecule has 10 N–H and O–H groups in total. The van der Waals surface area contributed by atoms with Crippen molar-refractivity contribution in [3.8, 4) is 0 Å². The lowest BCUT2D eigenvalue weighted by molar-refractivity contribution is -0.137. The van der Waals surface area contributed by atoms with Crippen molar-refractivity contribution in [2.45, 2.75) is 193 Å². The van der Waals surface area contributed by atoms with E-state index in [-0.39, 0.29) is 41.6 Å². The van der Waals surface area contributed by atoms with Crippen LogP contribution < -0.4 is 16.4 Å². The lowest BCUT2D eigenvalue weighted by Crippen LogP contribution is -2.46. The fourth-order valence-corrected chi connectivity index (χ4v) is 11.7. The minimum absolute atomic E-state index is 0.0343. The van der Waals surface area contributed by atoms with Crippen molar-refractivity contribution in [3.63, 3.8) is 0 Å². The number of nitrogens with two attached hydrogens (primary N) is 1. The zero-order valence-corrected chi connectivity index (χ0v) is 46.3. The maximum absolute atomic E-state index is 12.8. The molecule has 73 heavy (non-hydrogen) atoms. The molecule has 0 radical (unpaired) electrons. The topological polar surface area (TPSA) is 364 Å². The van der Waals surface area contributed by atoms with Gasteiger partial charge in [0.2, 0.25) is 11.8 Å². The van der Waals surface area contributed by atoms with Crippen molar-refractivity contribution < 1.29 is 80.5 Å². The van der Waals surface area contributed by atoms with E-state index < -0.39 is 84.6 Å². The van der Waals surface area contributed by atoms with Crippen LogP contribution in [0.1, 0.15) is 169 Å². The van der Waals surface area contributed by atoms with Crippen molar-refractivity contribution >= 4 is 69.1 Å². The number of phosphoric acid groups is 3. The summed E-state index contributed by atoms with van der Waals surface area (Å²) in [5.41, 5.74) is 4.30. The molecule has 28 heteroatoms. The number of fused-ring (bicyclic) bond motifs is 1. The van der Waals surface area contributed by atoms with Crippen molar-refractivity contribution in [1.82, 2.24) is 30.2 Å². The van der Waals surface area contributed by atoms with Gasteiger partial charge in [0.15, 0.2) is 22.8 Å². The standard InChI is InChI=1S/C45H82N7O17P3S/c1-5-6-7-8-9-10-11-12-13-14-15-16-19-22-33(2)23-20-17-18-21-24-36(54)73-28-27-47-35(53)25-26-48-43(57)40(56)45(3,4)30-66-72(63,64)69-71(61,62)65-29-34-39(68-70(58,59)60)38(55)44(67-34)52-32-51-37-41(46)49-31-50-42(37)52/h31-34,38-40,44,55-56H,5-30H2,1-4H3,(H,47,53)(H,48,57)(H,61,62)(H,63,64)(H2,46,49,50)(H2,58,59,60). The molecular weight excluding hydrogens is 1040 g/mol. The summed E-state index contributed by atoms with van der Waals surface area (Å²) in [6.07, 6.45) is 18.1. The third-order valence-electron chi connectivity index (χ3n) is 12.4. The molecule has 0 aliphatic carbocycles. The molecule has 0 bridgehead atoms. The molecule has 8 unspecified atom stereocenters. The average molecular weight is 1120 g/mol. The number of amides is 2. The Labute approximate surface area is 433 Å². The Kier molecular flexibility index (Phi) is 29.3. The third kappa shape index (κ3) is 25.5. The number of aromatic nitrogens is 4. The number of anilines is 1. The van der Waals surface area contributed by atoms with Gasteiger partial charge < -0.3 is 50.9 Å². The minimum Gasteiger partial charge on any atom is -0.386 e. The number of ether oxygens (including phenoxy) is 1. The van der Waals surface area contributed by atoms with Gasteiger partial charge in [-0.1, -0.05) is 155 Å². The van der Waals surface area contributed by atoms with E-state index in [1.165, 1.54) is 117 Å². The van der Waals surface area contributed by atoms with Crippen molar-refractivity contribution in [1.29, 1.82) is 0 Å². The van der Waals surface area contributed by atoms with E-state index in [0.29, 0.717) is 12.2 Å². The number of phosphoric ester groups is 3. The van der Waals surface area contributed by atoms with Gasteiger partial charge in [-0.3, -0.25) is 32.5 Å². The largest absolute Gasteiger partial charge is 0.481 e. The van der Waals surface area contributed by atoms with Gasteiger partial charge in [-0.05, 0) is 12.3 Å². The van der Waals surface area contributed by atoms with E-state index in [0.717, 1.165) is 54.2 Å². The summed E-state index contributed by atoms with van der Waals surface area (Å²) in [5, 5.41) is 26.7. The fourth-order valence-electron chi connectivity index (χ4n) is 8.14. The number of thioether (sulfide) groups is 1. The number of aliphatic hydroxyl groups excluding tert-OH is 2. The predicted octanol–water partition coefficient (Wildman–Crippen LogP) is 7.12. The molecule has 1 saturated heterocycles. The molecule has 2 aromatic rings. The highest BCUT2D eigenvalue weighted by molar-refractivity contribution is 8.13. The number of carbonyl (C=O) groups is 3. The van der Waals surface area contributed by atoms with Crippen LogP contribution in [-0.4, -0.2) is 123 Å². The van der Waals surface area contributed by atoms with Crippen LogP contribution in [0.5, 0.6) is 0 Å². The first-order chi connectivity index (χ1) is 34.4. The molecule has 3 heterocycles. The van der Waals surface area contributed by atoms with Crippen LogP contribution in [0, 0.1) is 11.3 Å². The van der Waals surface area contributed by atoms with Gasteiger partial charge in [-0.15, -0.1) is 0 Å². The van der Waals surface area contributed by atoms with Crippen LogP contribution in [0.3, 0.4) is 0 Å². The van der Waals surface area contributed by atoms with Gasteiger partial charge in [0.1, 0.15) is 36.3 Å². The highest BCUT2D eigenvalue weighted by Gasteiger charge is 2.50. The van der Waals surface area contributed by atoms with Gasteiger partial charge >= 0.3 is 23.5 Å². The van der Waals surface area contributed by atoms with Crippen LogP contribution in [0.4, 0.5) is 5.82 Å². The molecular formula is C45H82N7O17P3S. The first-order valence-electron chi connectivity index (χ1n) is 25.5. The summed E-state index contributed by atoms with van der Waals surface area (Å²) >= 11 is 1.16. The van der Waals surface area contributed by atoms with Gasteiger partial charge in [0, 0.05) is 37.1 Å². The second kappa shape index (κ2) is 33.0. The first-order valence-corrected chi connectivity index (χ1v) is 31.0. The molecule has 3 rings (SSSR count). The summed E-state index contributed by atoms with van der Waals surface area (Å²) in [6.45, 7) is 5.19. The zero-order chi connectivity index (χ0) is 54.1. The lowest BCUT2D eigenvalue weighted by atomic mass is 9.87. The SMILES string of the molecule is CCCCCCCCCCCCCCCC(C)CCCCCCC(=O)SCCNC(=O)CCNC(=O)C(O)C(C)(C)COP(=O)(O)OP(=O)(O)OCC1OC(n2cnc3c(N)ncnc32)C(O)C1OP(=O)(O)O. The summed E-state index contributed by atoms with van der Waals surface area (Å²) in [5.74, 6) is -0.281. The summed E-state index contributed by atoms with van der Waals surface area (Å²) < 4.78 is 62.6. The number of hydrogen-bond acceptors (Lipinski definition) is 18. The molecule has 0 aromatic carbocycles. The Balaban J connectivity index is 1.24. The predicted molar refractivity (Wildman–Crippen MR) is 274 cm³/mol. The van der Waals surface area contributed by atoms with E-state index in [4.69, 9.17) is 19.5 Å². The van der Waals surface area contributed by atoms with Crippen molar-refractivity contribution in [2.24, 2.45) is 11.3 Å². The van der Waals surface area contributed by atoms with E-state index >= 15 is 0 Å². The molecule has 8 atom stereocenters. The monoisotopic (exact) mass is 1120 g/mol. The summed E-state index contributed by atoms with van der Waals surface area (Å²) in [7, 11) is -16.4. The Morgan fingerprint density at radius 2 is 1.40 bits per heavy atom. The van der Waals surface area contributed by atoms with Crippen LogP contribution in [0.2, 0.25) is 0 Å². The number of rotatable bonds is 40. The van der Waals surface area contributed by atoms with Crippen LogP contribution in [0.25, 0.3) is 11.2 Å². The number of nitrogens with zero attached hydrogens (tertiary/aromatic N) is 4. The Bertz CT molecular complexity index is 2120. The molecule has 24 nitrogen and oxygen atoms in total. The molecule has 1 aliphatic rings. The number of unbranched alkanes of at least 4 members (excludes halogenated alkanes) is 15. The summed E-state index contributed by atoms with van der Waals surface area (Å²) in [4.78, 5) is 88.7. The van der Waals surface area contributed by atoms with Crippen LogP contribution in [-0.2, 0) is 50.7 Å². The van der Waals surface area contributed by atoms with Gasteiger partial charge in [-0.25, -0.2) is 28.6 Å². The highest BCUT2D eigenvalue weighted by atomic mass is 32.2. The number of aliphatic hydroxyl groups is 2. The summed E-state index contributed by atoms with van der Waals surface area (Å²) in [6, 6.07) is 0. The smallest absolute Gasteiger partial charge is 0.386 e. The maximum atomic E-state index is 12.8. The van der Waals surface area contributed by atoms with Crippen LogP contribution >= 0.6 is 35.2 Å². The first kappa shape index (κ1) is 64.8. The normalized spacial score (nSPS) is 19.9. The highest BCUT2D eigenvalue weighted by Crippen LogP contribution is 2.61. The Morgan fingerprint density at radius 3 is 2.00 bits per heavy atom. The number of imidazole rings is 1. The third-order valence-corrected chi connectivity index (χ3v) is 16.4. The molecule has 420 valence electrons. The van der Waals surface area contributed by atoms with E-state index in [2.05, 4.69) is 48.3 Å². The number of carbonyl (C=O) groups excluding carboxylic acids is 3. The van der Waals surface area contributed by atoms with Gasteiger partial charge in [0.25, 0.3) is 0 Å². The number of hydrogen-bond donors (Lipinski definition) is 9. The maximum Gasteiger partial charge on any atom is 0.481 e. The van der Waals surface area contributed by atoms with E-state index in [9.17, 15) is 57.9 Å². The molecule has 1 fully saturated rings. The molecule has 0 saturated carbocycles. The Morgan fingerprint density at radius 1 is 0.822 bits per heavy atom. The Hall–Kier alpha value is -2.44. The quantitative estimate of drug-likeness (QED) is 0.0237. The van der Waals surface area contributed by atoms with E-state index in [1.54, 1.807) is 0 Å². The molecule has 2 amide bonds. The van der Waals surface area contributed by atoms with Gasteiger partial charge in [0.05, 0.1) is 19.5 Å².